The summed E-state index contributed by atoms with van der Waals surface area (Å²) in [6, 6.07) is 10.1. The summed E-state index contributed by atoms with van der Waals surface area (Å²) in [5.41, 5.74) is 2.70. The highest BCUT2D eigenvalue weighted by atomic mass is 16.6. The number of allylic oxidation sites excluding steroid dienone is 2. The van der Waals surface area contributed by atoms with Gasteiger partial charge in [-0.15, -0.1) is 6.42 Å². The van der Waals surface area contributed by atoms with Crippen molar-refractivity contribution in [3.8, 4) is 12.3 Å². The van der Waals surface area contributed by atoms with Crippen LogP contribution in [0.4, 0.5) is 0 Å². The highest BCUT2D eigenvalue weighted by molar-refractivity contribution is 5.96. The van der Waals surface area contributed by atoms with Crippen LogP contribution < -0.4 is 5.32 Å². The van der Waals surface area contributed by atoms with E-state index in [1.807, 2.05) is 18.2 Å². The lowest BCUT2D eigenvalue weighted by molar-refractivity contribution is -0.125. The van der Waals surface area contributed by atoms with Gasteiger partial charge in [-0.1, -0.05) is 60.8 Å². The minimum atomic E-state index is -0.947. The molecule has 0 bridgehead atoms. The van der Waals surface area contributed by atoms with E-state index in [4.69, 9.17) is 11.3 Å². The first-order valence-electron chi connectivity index (χ1n) is 13.7. The summed E-state index contributed by atoms with van der Waals surface area (Å²) in [6.45, 7) is 5.22. The zero-order valence-corrected chi connectivity index (χ0v) is 21.8. The van der Waals surface area contributed by atoms with E-state index >= 15 is 0 Å². The molecular formula is C31H40N2O3. The Bertz CT molecular complexity index is 1090. The molecular weight excluding hydrogens is 448 g/mol. The molecule has 0 aliphatic heterocycles. The predicted molar refractivity (Wildman–Crippen MR) is 142 cm³/mol. The predicted octanol–water partition coefficient (Wildman–Crippen LogP) is 5.05. The molecule has 0 aromatic heterocycles. The van der Waals surface area contributed by atoms with Gasteiger partial charge in [0.1, 0.15) is 5.60 Å². The maximum Gasteiger partial charge on any atom is 0.260 e. The largest absolute Gasteiger partial charge is 0.385 e. The number of hydrogen-bond donors (Lipinski definition) is 2. The van der Waals surface area contributed by atoms with E-state index in [1.165, 1.54) is 11.1 Å². The van der Waals surface area contributed by atoms with Crippen LogP contribution in [0, 0.1) is 40.9 Å². The quantitative estimate of drug-likeness (QED) is 0.435. The molecule has 3 fully saturated rings. The molecule has 0 heterocycles. The van der Waals surface area contributed by atoms with Crippen LogP contribution in [-0.4, -0.2) is 35.5 Å². The van der Waals surface area contributed by atoms with Gasteiger partial charge in [0, 0.05) is 12.0 Å². The number of hydrogen-bond acceptors (Lipinski definition) is 4. The topological polar surface area (TPSA) is 70.9 Å². The molecule has 0 unspecified atom stereocenters. The van der Waals surface area contributed by atoms with Gasteiger partial charge in [0.25, 0.3) is 5.91 Å². The molecule has 192 valence electrons. The van der Waals surface area contributed by atoms with Gasteiger partial charge < -0.3 is 15.3 Å². The van der Waals surface area contributed by atoms with Gasteiger partial charge in [-0.05, 0) is 92.6 Å². The van der Waals surface area contributed by atoms with Gasteiger partial charge in [-0.2, -0.15) is 0 Å². The second kappa shape index (κ2) is 9.71. The Kier molecular flexibility index (Phi) is 6.76. The molecule has 5 heteroatoms. The van der Waals surface area contributed by atoms with E-state index in [0.717, 1.165) is 63.5 Å². The molecule has 1 amide bonds. The van der Waals surface area contributed by atoms with Crippen molar-refractivity contribution in [2.45, 2.75) is 77.2 Å². The highest BCUT2D eigenvalue weighted by Crippen LogP contribution is 2.67. The molecule has 1 aromatic carbocycles. The smallest absolute Gasteiger partial charge is 0.260 e. The van der Waals surface area contributed by atoms with Crippen LogP contribution in [0.2, 0.25) is 0 Å². The first-order chi connectivity index (χ1) is 17.3. The van der Waals surface area contributed by atoms with Gasteiger partial charge in [0.15, 0.2) is 6.61 Å². The lowest BCUT2D eigenvalue weighted by Gasteiger charge is -2.58. The summed E-state index contributed by atoms with van der Waals surface area (Å²) < 4.78 is 0. The fourth-order valence-electron chi connectivity index (χ4n) is 8.11. The lowest BCUT2D eigenvalue weighted by atomic mass is 9.46. The molecule has 36 heavy (non-hydrogen) atoms. The van der Waals surface area contributed by atoms with Crippen molar-refractivity contribution < 1.29 is 14.7 Å². The summed E-state index contributed by atoms with van der Waals surface area (Å²) in [6.07, 6.45) is 16.9. The Morgan fingerprint density at radius 1 is 1.14 bits per heavy atom. The Hall–Kier alpha value is -2.58. The van der Waals surface area contributed by atoms with E-state index < -0.39 is 5.60 Å². The standard InChI is InChI=1S/C31H40N2O3/c1-4-31(35)18-14-27-25-11-10-23-20-24(12-16-29(23,2)26(25)13-17-30(27,31)3)33-36-21-28(34)32-19-15-22-8-6-5-7-9-22/h1,5-9,20,25-27,35H,10-19,21H2,2-3H3,(H,32,34)/t25-,26-,27+,29-,30+,31+/m0/s1. The van der Waals surface area contributed by atoms with E-state index in [-0.39, 0.29) is 23.3 Å². The van der Waals surface area contributed by atoms with Crippen LogP contribution in [0.1, 0.15) is 70.8 Å². The third kappa shape index (κ3) is 4.28. The van der Waals surface area contributed by atoms with E-state index in [0.29, 0.717) is 24.3 Å². The fourth-order valence-corrected chi connectivity index (χ4v) is 8.11. The number of oxime groups is 1. The Morgan fingerprint density at radius 3 is 2.69 bits per heavy atom. The summed E-state index contributed by atoms with van der Waals surface area (Å²) in [4.78, 5) is 17.6. The number of rotatable bonds is 6. The SMILES string of the molecule is C#C[C@@]1(O)CC[C@@H]2[C@H]3CCC4=CC(=NOCC(=O)NCCc5ccccc5)CC[C@]4(C)[C@H]3CC[C@]21C. The number of carbonyl (C=O) groups is 1. The number of amides is 1. The number of aliphatic hydroxyl groups is 1. The van der Waals surface area contributed by atoms with Gasteiger partial charge in [0.2, 0.25) is 0 Å². The van der Waals surface area contributed by atoms with Gasteiger partial charge in [0.05, 0.1) is 5.71 Å². The number of terminal acetylenes is 1. The molecule has 5 nitrogen and oxygen atoms in total. The fraction of sp³-hybridized carbons (Fsp3) is 0.613. The third-order valence-electron chi connectivity index (χ3n) is 10.3. The molecule has 3 saturated carbocycles. The first-order valence-corrected chi connectivity index (χ1v) is 13.7. The second-order valence-corrected chi connectivity index (χ2v) is 11.9. The average Bonchev–Trinajstić information content (AvgIpc) is 3.16. The Balaban J connectivity index is 1.17. The maximum atomic E-state index is 12.1. The number of fused-ring (bicyclic) bond motifs is 5. The third-order valence-corrected chi connectivity index (χ3v) is 10.3. The van der Waals surface area contributed by atoms with Crippen molar-refractivity contribution in [1.29, 1.82) is 0 Å². The first kappa shape index (κ1) is 25.1. The van der Waals surface area contributed by atoms with Crippen molar-refractivity contribution in [1.82, 2.24) is 5.32 Å². The summed E-state index contributed by atoms with van der Waals surface area (Å²) in [5.74, 6) is 4.41. The van der Waals surface area contributed by atoms with Crippen LogP contribution in [-0.2, 0) is 16.1 Å². The van der Waals surface area contributed by atoms with Gasteiger partial charge >= 0.3 is 0 Å². The Labute approximate surface area is 215 Å². The van der Waals surface area contributed by atoms with Crippen molar-refractivity contribution in [3.05, 3.63) is 47.5 Å². The van der Waals surface area contributed by atoms with E-state index in [2.05, 4.69) is 48.4 Å². The summed E-state index contributed by atoms with van der Waals surface area (Å²) >= 11 is 0. The Morgan fingerprint density at radius 2 is 1.92 bits per heavy atom. The summed E-state index contributed by atoms with van der Waals surface area (Å²) in [5, 5.41) is 18.4. The number of benzene rings is 1. The molecule has 5 rings (SSSR count). The van der Waals surface area contributed by atoms with Crippen molar-refractivity contribution in [2.24, 2.45) is 33.7 Å². The number of nitrogens with zero attached hydrogens (tertiary/aromatic N) is 1. The zero-order valence-electron chi connectivity index (χ0n) is 21.8. The van der Waals surface area contributed by atoms with Crippen LogP contribution in [0.3, 0.4) is 0 Å². The molecule has 0 spiro atoms. The summed E-state index contributed by atoms with van der Waals surface area (Å²) in [7, 11) is 0. The van der Waals surface area contributed by atoms with Gasteiger partial charge in [-0.25, -0.2) is 0 Å². The minimum absolute atomic E-state index is 0.0538. The van der Waals surface area contributed by atoms with Crippen LogP contribution in [0.25, 0.3) is 0 Å². The molecule has 1 aromatic rings. The number of nitrogens with one attached hydrogen (secondary N) is 1. The highest BCUT2D eigenvalue weighted by Gasteiger charge is 2.63. The zero-order chi connectivity index (χ0) is 25.4. The monoisotopic (exact) mass is 488 g/mol. The molecule has 0 radical (unpaired) electrons. The molecule has 4 aliphatic rings. The van der Waals surface area contributed by atoms with Crippen molar-refractivity contribution in [2.75, 3.05) is 13.2 Å². The van der Waals surface area contributed by atoms with Crippen molar-refractivity contribution in [3.63, 3.8) is 0 Å². The number of carbonyl (C=O) groups excluding carboxylic acids is 1. The lowest BCUT2D eigenvalue weighted by Crippen LogP contribution is -2.54. The molecule has 0 saturated heterocycles. The van der Waals surface area contributed by atoms with E-state index in [1.54, 1.807) is 0 Å². The normalized spacial score (nSPS) is 38.2. The average molecular weight is 489 g/mol. The second-order valence-electron chi connectivity index (χ2n) is 11.9. The maximum absolute atomic E-state index is 12.1. The minimum Gasteiger partial charge on any atom is -0.385 e. The molecule has 4 aliphatic carbocycles. The van der Waals surface area contributed by atoms with Gasteiger partial charge in [-0.3, -0.25) is 4.79 Å². The van der Waals surface area contributed by atoms with E-state index in [9.17, 15) is 9.90 Å². The van der Waals surface area contributed by atoms with Crippen LogP contribution >= 0.6 is 0 Å². The van der Waals surface area contributed by atoms with Crippen molar-refractivity contribution >= 4 is 11.6 Å². The van der Waals surface area contributed by atoms with Crippen LogP contribution in [0.15, 0.2) is 47.1 Å². The molecule has 2 N–H and O–H groups in total. The van der Waals surface area contributed by atoms with Crippen LogP contribution in [0.5, 0.6) is 0 Å². The molecule has 6 atom stereocenters.